The maximum atomic E-state index is 12.8. The fourth-order valence-corrected chi connectivity index (χ4v) is 8.63. The molecule has 116 heavy (non-hydrogen) atoms. The average Bonchev–Trinajstić information content (AvgIpc) is 0.873. The van der Waals surface area contributed by atoms with Gasteiger partial charge >= 0.3 is 18.0 Å². The van der Waals surface area contributed by atoms with Crippen LogP contribution in [0.3, 0.4) is 0 Å². The van der Waals surface area contributed by atoms with E-state index < -0.39 is 103 Å². The average molecular weight is 1640 g/mol. The Hall–Kier alpha value is -12.4. The smallest absolute Gasteiger partial charge is 0.407 e. The second kappa shape index (κ2) is 60.2. The van der Waals surface area contributed by atoms with E-state index in [2.05, 4.69) is 123 Å². The quantitative estimate of drug-likeness (QED) is 0.00456. The zero-order chi connectivity index (χ0) is 81.6. The number of methoxy groups -OCH3 is 2. The van der Waals surface area contributed by atoms with Crippen molar-refractivity contribution in [3.8, 4) is 71.0 Å². The van der Waals surface area contributed by atoms with Crippen LogP contribution >= 0.6 is 12.4 Å². The molecule has 25 nitrogen and oxygen atoms in total. The number of benzene rings is 6. The predicted octanol–water partition coefficient (Wildman–Crippen LogP) is 11.7. The van der Waals surface area contributed by atoms with Crippen LogP contribution in [0.2, 0.25) is 0 Å². The Labute approximate surface area is 682 Å². The summed E-state index contributed by atoms with van der Waals surface area (Å²) in [6, 6.07) is 35.5. The highest BCUT2D eigenvalue weighted by Crippen LogP contribution is 2.13. The minimum absolute atomic E-state index is 0. The summed E-state index contributed by atoms with van der Waals surface area (Å²) in [4.78, 5) is 85.1. The second-order valence-corrected chi connectivity index (χ2v) is 24.1. The number of alkyl carbamates (subject to hydrolysis) is 1. The SMILES string of the molecule is C.C.C.C.C.COC(=O)[C@@H](NC(=O)c1ccc(C#CC#Cc2ccc(CNCC(F)F)cc2)cc1)[C@@H](C)N.COC(=O)[C@@H](NC(=O)c1ccc(C#CC#Cc2ccc(CNCC(F)F)cc2)cc1)[C@@H](C)NC(=O)OC(C)(C)C.C[C@@H](N)[C@H](NC(=O)c1ccc(C#CC#Cc2ccc(CNCC(F)F)cc2)cc1)C(=O)NO.Cl.N=NN=N. The molecule has 0 bridgehead atoms. The molecular weight excluding hydrogens is 1530 g/mol. The molecule has 6 aromatic carbocycles. The van der Waals surface area contributed by atoms with Gasteiger partial charge < -0.3 is 62.9 Å². The molecule has 32 heteroatoms. The first kappa shape index (κ1) is 110. The van der Waals surface area contributed by atoms with Gasteiger partial charge in [0.15, 0.2) is 0 Å². The maximum Gasteiger partial charge on any atom is 0.407 e. The summed E-state index contributed by atoms with van der Waals surface area (Å²) >= 11 is 0. The van der Waals surface area contributed by atoms with Crippen LogP contribution in [0.15, 0.2) is 156 Å². The molecule has 626 valence electrons. The third kappa shape index (κ3) is 45.3. The number of ether oxygens (including phenoxy) is 3. The Morgan fingerprint density at radius 2 is 0.664 bits per heavy atom. The Morgan fingerprint density at radius 3 is 0.888 bits per heavy atom. The molecule has 6 rings (SSSR count). The number of halogens is 7. The largest absolute Gasteiger partial charge is 0.467 e. The number of nitrogens with zero attached hydrogens (tertiary/aromatic N) is 2. The van der Waals surface area contributed by atoms with Gasteiger partial charge in [-0.1, -0.05) is 109 Å². The van der Waals surface area contributed by atoms with Gasteiger partial charge in [0.25, 0.3) is 42.9 Å². The Balaban J connectivity index is -0.000000776. The molecule has 0 aromatic heterocycles. The highest BCUT2D eigenvalue weighted by atomic mass is 35.5. The molecule has 0 heterocycles. The lowest BCUT2D eigenvalue weighted by Gasteiger charge is -2.26. The van der Waals surface area contributed by atoms with Crippen molar-refractivity contribution in [3.63, 3.8) is 0 Å². The van der Waals surface area contributed by atoms with Gasteiger partial charge in [-0.05, 0) is 213 Å². The Morgan fingerprint density at radius 1 is 0.422 bits per heavy atom. The molecule has 5 amide bonds. The third-order valence-electron chi connectivity index (χ3n) is 14.1. The highest BCUT2D eigenvalue weighted by Gasteiger charge is 2.31. The second-order valence-electron chi connectivity index (χ2n) is 24.1. The number of amides is 5. The lowest BCUT2D eigenvalue weighted by atomic mass is 10.1. The van der Waals surface area contributed by atoms with Gasteiger partial charge in [-0.2, -0.15) is 11.1 Å². The minimum Gasteiger partial charge on any atom is -0.467 e. The molecule has 0 aliphatic rings. The van der Waals surface area contributed by atoms with Gasteiger partial charge in [-0.15, -0.1) is 12.4 Å². The first-order valence-electron chi connectivity index (χ1n) is 33.2. The molecule has 0 spiro atoms. The molecular formula is C84H105ClF6N14O11. The molecule has 0 fully saturated rings. The van der Waals surface area contributed by atoms with E-state index in [0.29, 0.717) is 47.5 Å². The van der Waals surface area contributed by atoms with E-state index in [4.69, 9.17) is 37.2 Å². The molecule has 0 aliphatic carbocycles. The van der Waals surface area contributed by atoms with Gasteiger partial charge in [-0.3, -0.25) is 24.4 Å². The van der Waals surface area contributed by atoms with Crippen molar-refractivity contribution in [1.82, 2.24) is 42.7 Å². The van der Waals surface area contributed by atoms with E-state index in [0.717, 1.165) is 33.4 Å². The van der Waals surface area contributed by atoms with Gasteiger partial charge in [0, 0.05) is 81.8 Å². The number of rotatable bonds is 26. The summed E-state index contributed by atoms with van der Waals surface area (Å²) in [7, 11) is 2.41. The standard InChI is InChI=1S/C30H33F2N3O5.C25H25F2N3O3.C24H24F2N4O3.5CH4.ClH.H2N4/c1-20(34-29(38)40-30(2,3)4)26(28(37)39-5)35-27(36)24-16-14-22(15-17-24)9-7-6-8-21-10-12-23(13-11-21)18-33-19-25(31)32;1-17(28)23(25(32)33-2)30-24(31)21-13-11-19(12-14-21)6-4-3-5-18-7-9-20(10-8-18)15-29-16-22(26)27;1-16(27)22(24(32)30-33)29-23(31)20-12-10-18(11-13-20)5-3-2-4-17-6-8-19(9-7-17)14-28-15-21(25)26;;;;;;;1-3-4-2/h10-17,20,25-26,33H,18-19H2,1-5H3,(H,34,38)(H,35,36);7-14,17,22-23,29H,15-16,28H2,1-2H3,(H,30,31);6-13,16,21-22,28,33H,14-15,27H2,1H3,(H,29,31)(H,30,32);5*1H4;1H;1-2H/t20-,26+;17-,23+;16-,22+;;;;;;;/m111......./s1. The van der Waals surface area contributed by atoms with Crippen molar-refractivity contribution in [3.05, 3.63) is 212 Å². The summed E-state index contributed by atoms with van der Waals surface area (Å²) in [5, 5.41) is 31.4. The lowest BCUT2D eigenvalue weighted by Crippen LogP contribution is -2.55. The summed E-state index contributed by atoms with van der Waals surface area (Å²) < 4.78 is 87.5. The van der Waals surface area contributed by atoms with Crippen LogP contribution in [-0.2, 0) is 48.2 Å². The zero-order valence-corrected chi connectivity index (χ0v) is 62.4. The monoisotopic (exact) mass is 1630 g/mol. The summed E-state index contributed by atoms with van der Waals surface area (Å²) in [5.74, 6) is 30.1. The van der Waals surface area contributed by atoms with Gasteiger partial charge in [0.1, 0.15) is 23.7 Å². The number of carbonyl (C=O) groups excluding carboxylic acids is 7. The Kier molecular flexibility index (Phi) is 57.1. The number of hydrogen-bond donors (Lipinski definition) is 13. The fraction of sp³-hybridized carbons (Fsp3) is 0.345. The van der Waals surface area contributed by atoms with E-state index in [-0.39, 0.29) is 74.7 Å². The summed E-state index contributed by atoms with van der Waals surface area (Å²) in [6.45, 7) is 9.81. The Bertz CT molecular complexity index is 4230. The molecule has 0 unspecified atom stereocenters. The predicted molar refractivity (Wildman–Crippen MR) is 438 cm³/mol. The van der Waals surface area contributed by atoms with Crippen molar-refractivity contribution in [2.24, 2.45) is 21.9 Å². The normalized spacial score (nSPS) is 11.1. The van der Waals surface area contributed by atoms with Gasteiger partial charge in [0.2, 0.25) is 0 Å². The molecule has 6 atom stereocenters. The molecule has 0 radical (unpaired) electrons. The van der Waals surface area contributed by atoms with E-state index in [9.17, 15) is 59.9 Å². The summed E-state index contributed by atoms with van der Waals surface area (Å²) in [5.41, 5.74) is 31.3. The van der Waals surface area contributed by atoms with Gasteiger partial charge in [0.05, 0.1) is 39.9 Å². The number of nitrogens with one attached hydrogen (secondary N) is 10. The van der Waals surface area contributed by atoms with Gasteiger partial charge in [-0.25, -0.2) is 46.2 Å². The van der Waals surface area contributed by atoms with E-state index in [1.807, 2.05) is 12.1 Å². The number of esters is 2. The number of nitrogens with two attached hydrogens (primary N) is 2. The van der Waals surface area contributed by atoms with Crippen molar-refractivity contribution in [1.29, 1.82) is 11.1 Å². The molecule has 0 saturated carbocycles. The zero-order valence-electron chi connectivity index (χ0n) is 61.6. The minimum atomic E-state index is -2.39. The van der Waals surface area contributed by atoms with Crippen molar-refractivity contribution < 1.29 is 79.3 Å². The van der Waals surface area contributed by atoms with Crippen LogP contribution in [0.1, 0.15) is 160 Å². The number of alkyl halides is 6. The van der Waals surface area contributed by atoms with Crippen LogP contribution in [0, 0.1) is 82.1 Å². The maximum absolute atomic E-state index is 12.8. The fourth-order valence-electron chi connectivity index (χ4n) is 8.63. The number of carbonyl (C=O) groups is 7. The van der Waals surface area contributed by atoms with Crippen molar-refractivity contribution in [2.75, 3.05) is 33.9 Å². The van der Waals surface area contributed by atoms with Crippen LogP contribution in [0.4, 0.5) is 31.1 Å². The van der Waals surface area contributed by atoms with Crippen LogP contribution in [0.25, 0.3) is 0 Å². The van der Waals surface area contributed by atoms with Crippen LogP contribution in [-0.4, -0.2) is 142 Å². The van der Waals surface area contributed by atoms with E-state index >= 15 is 0 Å². The first-order valence-corrected chi connectivity index (χ1v) is 33.2. The van der Waals surface area contributed by atoms with Crippen LogP contribution < -0.4 is 54.2 Å². The molecule has 0 saturated heterocycles. The summed E-state index contributed by atoms with van der Waals surface area (Å²) in [6.07, 6.45) is -7.87. The van der Waals surface area contributed by atoms with Crippen molar-refractivity contribution >= 4 is 54.1 Å². The topological polar surface area (TPSA) is 388 Å². The highest BCUT2D eigenvalue weighted by molar-refractivity contribution is 5.99. The van der Waals surface area contributed by atoms with E-state index in [1.165, 1.54) is 26.6 Å². The molecule has 15 N–H and O–H groups in total. The first-order chi connectivity index (χ1) is 52.4. The third-order valence-corrected chi connectivity index (χ3v) is 14.1. The van der Waals surface area contributed by atoms with Crippen LogP contribution in [0.5, 0.6) is 0 Å². The molecule has 0 aliphatic heterocycles. The lowest BCUT2D eigenvalue weighted by molar-refractivity contribution is -0.144. The molecule has 6 aromatic rings. The van der Waals surface area contributed by atoms with Crippen molar-refractivity contribution in [2.45, 2.75) is 159 Å². The number of hydroxylamine groups is 1. The van der Waals surface area contributed by atoms with E-state index in [1.54, 1.807) is 168 Å². The number of hydrogen-bond acceptors (Lipinski definition) is 18.